The molecule has 0 fully saturated rings. The van der Waals surface area contributed by atoms with Crippen LogP contribution in [-0.4, -0.2) is 14.8 Å². The van der Waals surface area contributed by atoms with Crippen molar-refractivity contribution in [3.05, 3.63) is 99.5 Å². The van der Waals surface area contributed by atoms with Gasteiger partial charge in [0.1, 0.15) is 11.9 Å². The van der Waals surface area contributed by atoms with Gasteiger partial charge >= 0.3 is 0 Å². The summed E-state index contributed by atoms with van der Waals surface area (Å²) in [6.07, 6.45) is 1.51. The summed E-state index contributed by atoms with van der Waals surface area (Å²) in [7, 11) is 1.92. The third-order valence-corrected chi connectivity index (χ3v) is 6.60. The fourth-order valence-corrected chi connectivity index (χ4v) is 4.73. The largest absolute Gasteiger partial charge is 0.379 e. The number of aromatic nitrogens is 3. The van der Waals surface area contributed by atoms with E-state index in [0.29, 0.717) is 29.0 Å². The Morgan fingerprint density at radius 3 is 2.64 bits per heavy atom. The highest BCUT2D eigenvalue weighted by molar-refractivity contribution is 9.10. The van der Waals surface area contributed by atoms with Crippen LogP contribution in [0.5, 0.6) is 0 Å². The number of halogens is 3. The van der Waals surface area contributed by atoms with Gasteiger partial charge in [-0.15, -0.1) is 0 Å². The van der Waals surface area contributed by atoms with Gasteiger partial charge in [-0.2, -0.15) is 10.4 Å². The molecule has 0 aliphatic heterocycles. The van der Waals surface area contributed by atoms with Crippen LogP contribution in [0.1, 0.15) is 11.3 Å². The second-order valence-electron chi connectivity index (χ2n) is 8.13. The van der Waals surface area contributed by atoms with Crippen LogP contribution in [0.15, 0.2) is 77.4 Å². The number of aryl methyl sites for hydroxylation is 1. The molecular weight excluding hydrogens is 543 g/mol. The van der Waals surface area contributed by atoms with Gasteiger partial charge in [0.05, 0.1) is 39.7 Å². The summed E-state index contributed by atoms with van der Waals surface area (Å²) < 4.78 is 16.3. The van der Waals surface area contributed by atoms with Crippen molar-refractivity contribution >= 4 is 55.5 Å². The Morgan fingerprint density at radius 1 is 1.08 bits per heavy atom. The lowest BCUT2D eigenvalue weighted by atomic mass is 10.1. The maximum atomic E-state index is 13.6. The van der Waals surface area contributed by atoms with Gasteiger partial charge in [-0.05, 0) is 57.9 Å². The molecule has 2 heterocycles. The summed E-state index contributed by atoms with van der Waals surface area (Å²) in [4.78, 5) is 4.45. The number of hydrogen-bond acceptors (Lipinski definition) is 5. The third-order valence-electron chi connectivity index (χ3n) is 5.71. The van der Waals surface area contributed by atoms with E-state index in [2.05, 4.69) is 60.9 Å². The Kier molecular flexibility index (Phi) is 6.59. The number of nitrogens with one attached hydrogen (secondary N) is 2. The molecule has 0 amide bonds. The van der Waals surface area contributed by atoms with E-state index >= 15 is 0 Å². The van der Waals surface area contributed by atoms with E-state index < -0.39 is 5.82 Å². The van der Waals surface area contributed by atoms with Crippen molar-refractivity contribution in [1.29, 1.82) is 5.26 Å². The smallest absolute Gasteiger partial charge is 0.141 e. The molecule has 0 radical (unpaired) electrons. The van der Waals surface area contributed by atoms with Gasteiger partial charge in [-0.3, -0.25) is 9.67 Å². The van der Waals surface area contributed by atoms with Crippen LogP contribution in [-0.2, 0) is 13.6 Å². The van der Waals surface area contributed by atoms with Crippen LogP contribution in [0.25, 0.3) is 22.2 Å². The highest BCUT2D eigenvalue weighted by atomic mass is 79.9. The number of hydrogen-bond donors (Lipinski definition) is 2. The minimum atomic E-state index is -0.513. The first kappa shape index (κ1) is 23.8. The molecule has 5 rings (SSSR count). The third kappa shape index (κ3) is 4.76. The fourth-order valence-electron chi connectivity index (χ4n) is 3.98. The molecule has 6 nitrogen and oxygen atoms in total. The van der Waals surface area contributed by atoms with Crippen LogP contribution >= 0.6 is 27.5 Å². The maximum absolute atomic E-state index is 13.6. The van der Waals surface area contributed by atoms with E-state index in [1.165, 1.54) is 18.3 Å². The molecule has 178 valence electrons. The van der Waals surface area contributed by atoms with E-state index in [-0.39, 0.29) is 5.02 Å². The van der Waals surface area contributed by atoms with Gasteiger partial charge in [-0.1, -0.05) is 41.9 Å². The van der Waals surface area contributed by atoms with Gasteiger partial charge in [0.25, 0.3) is 0 Å². The van der Waals surface area contributed by atoms with Crippen molar-refractivity contribution < 1.29 is 4.39 Å². The highest BCUT2D eigenvalue weighted by Gasteiger charge is 2.14. The summed E-state index contributed by atoms with van der Waals surface area (Å²) in [5.41, 5.74) is 5.97. The molecule has 0 bridgehead atoms. The van der Waals surface area contributed by atoms with Gasteiger partial charge < -0.3 is 10.6 Å². The number of fused-ring (bicyclic) bond motifs is 1. The van der Waals surface area contributed by atoms with Crippen molar-refractivity contribution in [2.45, 2.75) is 6.54 Å². The predicted molar refractivity (Wildman–Crippen MR) is 145 cm³/mol. The average Bonchev–Trinajstić information content (AvgIpc) is 3.26. The first-order chi connectivity index (χ1) is 17.4. The van der Waals surface area contributed by atoms with E-state index in [1.54, 1.807) is 6.07 Å². The molecule has 0 saturated carbocycles. The predicted octanol–water partition coefficient (Wildman–Crippen LogP) is 7.42. The van der Waals surface area contributed by atoms with E-state index in [9.17, 15) is 9.65 Å². The van der Waals surface area contributed by atoms with Crippen LogP contribution in [0, 0.1) is 17.1 Å². The molecule has 0 saturated heterocycles. The molecule has 9 heteroatoms. The van der Waals surface area contributed by atoms with Crippen LogP contribution in [0.4, 0.5) is 21.5 Å². The van der Waals surface area contributed by atoms with Crippen molar-refractivity contribution in [3.8, 4) is 17.3 Å². The summed E-state index contributed by atoms with van der Waals surface area (Å²) in [6.45, 7) is 0.500. The fraction of sp³-hybridized carbons (Fsp3) is 0.0741. The minimum absolute atomic E-state index is 0.00867. The number of nitrogens with zero attached hydrogens (tertiary/aromatic N) is 4. The molecule has 0 aliphatic rings. The minimum Gasteiger partial charge on any atom is -0.379 e. The zero-order chi connectivity index (χ0) is 25.2. The van der Waals surface area contributed by atoms with Crippen molar-refractivity contribution in [1.82, 2.24) is 14.8 Å². The Bertz CT molecular complexity index is 1630. The first-order valence-electron chi connectivity index (χ1n) is 11.0. The highest BCUT2D eigenvalue weighted by Crippen LogP contribution is 2.36. The number of anilines is 3. The maximum Gasteiger partial charge on any atom is 0.141 e. The van der Waals surface area contributed by atoms with Crippen molar-refractivity contribution in [2.75, 3.05) is 10.6 Å². The first-order valence-corrected chi connectivity index (χ1v) is 12.2. The molecule has 3 aromatic carbocycles. The lowest BCUT2D eigenvalue weighted by molar-refractivity contribution is 0.628. The van der Waals surface area contributed by atoms with Gasteiger partial charge in [0.2, 0.25) is 0 Å². The number of nitriles is 1. The monoisotopic (exact) mass is 560 g/mol. The van der Waals surface area contributed by atoms with Gasteiger partial charge in [0.15, 0.2) is 0 Å². The van der Waals surface area contributed by atoms with Gasteiger partial charge in [0, 0.05) is 34.5 Å². The number of pyridine rings is 1. The molecule has 2 aromatic heterocycles. The molecule has 0 aliphatic carbocycles. The normalized spacial score (nSPS) is 10.9. The SMILES string of the molecule is Cn1nc(CNc2cc(Br)c3ncc(C#N)c(Nc4ccc(F)c(Cl)c4)c3c2)cc1-c1ccccc1. The molecule has 0 unspecified atom stereocenters. The molecule has 0 atom stereocenters. The molecular formula is C27H19BrClFN6. The Hall–Kier alpha value is -3.93. The van der Waals surface area contributed by atoms with E-state index in [0.717, 1.165) is 32.5 Å². The Morgan fingerprint density at radius 2 is 1.89 bits per heavy atom. The van der Waals surface area contributed by atoms with Crippen LogP contribution in [0.3, 0.4) is 0 Å². The molecule has 2 N–H and O–H groups in total. The standard InChI is InChI=1S/C27H19BrClFN6/c1-36-25(16-5-3-2-4-6-16)12-20(35-36)15-32-19-9-21-26(34-18-7-8-24(30)23(29)11-18)17(13-31)14-33-27(21)22(28)10-19/h2-12,14,32H,15H2,1H3,(H,33,34). The summed E-state index contributed by atoms with van der Waals surface area (Å²) in [5.74, 6) is -0.513. The van der Waals surface area contributed by atoms with Crippen molar-refractivity contribution in [3.63, 3.8) is 0 Å². The molecule has 36 heavy (non-hydrogen) atoms. The topological polar surface area (TPSA) is 78.6 Å². The lowest BCUT2D eigenvalue weighted by Gasteiger charge is -2.14. The van der Waals surface area contributed by atoms with Crippen molar-refractivity contribution in [2.24, 2.45) is 7.05 Å². The van der Waals surface area contributed by atoms with E-state index in [4.69, 9.17) is 11.6 Å². The summed E-state index contributed by atoms with van der Waals surface area (Å²) in [6, 6.07) is 22.5. The zero-order valence-corrected chi connectivity index (χ0v) is 21.4. The zero-order valence-electron chi connectivity index (χ0n) is 19.1. The summed E-state index contributed by atoms with van der Waals surface area (Å²) in [5, 5.41) is 21.7. The number of benzene rings is 3. The van der Waals surface area contributed by atoms with Crippen LogP contribution < -0.4 is 10.6 Å². The molecule has 5 aromatic rings. The average molecular weight is 562 g/mol. The Labute approximate surface area is 220 Å². The molecule has 0 spiro atoms. The number of rotatable bonds is 6. The second kappa shape index (κ2) is 9.97. The second-order valence-corrected chi connectivity index (χ2v) is 9.39. The quantitative estimate of drug-likeness (QED) is 0.226. The summed E-state index contributed by atoms with van der Waals surface area (Å²) >= 11 is 9.56. The van der Waals surface area contributed by atoms with Crippen LogP contribution in [0.2, 0.25) is 5.02 Å². The Balaban J connectivity index is 1.47. The lowest BCUT2D eigenvalue weighted by Crippen LogP contribution is -2.03. The van der Waals surface area contributed by atoms with Gasteiger partial charge in [-0.25, -0.2) is 4.39 Å². The van der Waals surface area contributed by atoms with E-state index in [1.807, 2.05) is 42.1 Å².